The standard InChI is InChI=1S/C19H21N3/c1-2-22-12-10-18(14-22)19(15-20,16-7-4-3-5-8-16)17-9-6-11-21-13-17/h3-9,11,13,18H,2,10,12,14H2,1H3/t18-,19+/m1/s1. The molecule has 112 valence electrons. The summed E-state index contributed by atoms with van der Waals surface area (Å²) in [6, 6.07) is 16.8. The zero-order chi connectivity index (χ0) is 15.4. The molecule has 0 amide bonds. The molecule has 2 aromatic rings. The second-order valence-corrected chi connectivity index (χ2v) is 5.91. The summed E-state index contributed by atoms with van der Waals surface area (Å²) in [7, 11) is 0. The first-order chi connectivity index (χ1) is 10.8. The van der Waals surface area contributed by atoms with Crippen molar-refractivity contribution >= 4 is 0 Å². The van der Waals surface area contributed by atoms with Crippen LogP contribution in [-0.4, -0.2) is 29.5 Å². The van der Waals surface area contributed by atoms with E-state index < -0.39 is 5.41 Å². The van der Waals surface area contributed by atoms with Crippen molar-refractivity contribution < 1.29 is 0 Å². The molecule has 2 atom stereocenters. The molecule has 1 aliphatic rings. The van der Waals surface area contributed by atoms with Gasteiger partial charge in [0.25, 0.3) is 0 Å². The third-order valence-corrected chi connectivity index (χ3v) is 4.85. The molecule has 0 aliphatic carbocycles. The maximum Gasteiger partial charge on any atom is 0.113 e. The summed E-state index contributed by atoms with van der Waals surface area (Å²) in [6.45, 7) is 5.26. The van der Waals surface area contributed by atoms with Gasteiger partial charge < -0.3 is 4.90 Å². The monoisotopic (exact) mass is 291 g/mol. The van der Waals surface area contributed by atoms with Gasteiger partial charge in [-0.1, -0.05) is 43.3 Å². The fraction of sp³-hybridized carbons (Fsp3) is 0.368. The third-order valence-electron chi connectivity index (χ3n) is 4.85. The Morgan fingerprint density at radius 3 is 2.59 bits per heavy atom. The Bertz CT molecular complexity index is 606. The van der Waals surface area contributed by atoms with Gasteiger partial charge >= 0.3 is 0 Å². The lowest BCUT2D eigenvalue weighted by atomic mass is 9.67. The molecule has 1 saturated heterocycles. The smallest absolute Gasteiger partial charge is 0.113 e. The summed E-state index contributed by atoms with van der Waals surface area (Å²) >= 11 is 0. The molecular weight excluding hydrogens is 270 g/mol. The summed E-state index contributed by atoms with van der Waals surface area (Å²) in [5.74, 6) is 0.295. The van der Waals surface area contributed by atoms with Crippen molar-refractivity contribution in [3.05, 3.63) is 66.0 Å². The Hall–Kier alpha value is -2.18. The van der Waals surface area contributed by atoms with Crippen LogP contribution in [0.4, 0.5) is 0 Å². The number of hydrogen-bond donors (Lipinski definition) is 0. The Balaban J connectivity index is 2.12. The van der Waals surface area contributed by atoms with Gasteiger partial charge in [0.05, 0.1) is 6.07 Å². The normalized spacial score (nSPS) is 21.2. The minimum Gasteiger partial charge on any atom is -0.303 e. The van der Waals surface area contributed by atoms with Crippen LogP contribution in [0.2, 0.25) is 0 Å². The Kier molecular flexibility index (Phi) is 4.22. The lowest BCUT2D eigenvalue weighted by Gasteiger charge is -2.33. The number of nitrogens with zero attached hydrogens (tertiary/aromatic N) is 3. The molecule has 3 rings (SSSR count). The van der Waals surface area contributed by atoms with Gasteiger partial charge in [0.1, 0.15) is 5.41 Å². The van der Waals surface area contributed by atoms with E-state index in [2.05, 4.69) is 35.0 Å². The van der Waals surface area contributed by atoms with Gasteiger partial charge in [0.15, 0.2) is 0 Å². The molecule has 3 heteroatoms. The fourth-order valence-corrected chi connectivity index (χ4v) is 3.63. The molecule has 0 N–H and O–H groups in total. The second kappa shape index (κ2) is 6.29. The van der Waals surface area contributed by atoms with Crippen molar-refractivity contribution in [2.45, 2.75) is 18.8 Å². The molecule has 1 aromatic carbocycles. The van der Waals surface area contributed by atoms with Gasteiger partial charge in [-0.05, 0) is 42.6 Å². The van der Waals surface area contributed by atoms with Gasteiger partial charge in [-0.25, -0.2) is 0 Å². The summed E-state index contributed by atoms with van der Waals surface area (Å²) in [4.78, 5) is 6.70. The van der Waals surface area contributed by atoms with E-state index in [4.69, 9.17) is 0 Å². The average molecular weight is 291 g/mol. The first-order valence-corrected chi connectivity index (χ1v) is 7.91. The molecule has 0 spiro atoms. The van der Waals surface area contributed by atoms with Crippen molar-refractivity contribution in [3.8, 4) is 6.07 Å². The van der Waals surface area contributed by atoms with Crippen molar-refractivity contribution in [2.75, 3.05) is 19.6 Å². The predicted molar refractivity (Wildman–Crippen MR) is 87.3 cm³/mol. The van der Waals surface area contributed by atoms with Gasteiger partial charge in [0.2, 0.25) is 0 Å². The molecule has 1 aromatic heterocycles. The van der Waals surface area contributed by atoms with Crippen molar-refractivity contribution in [1.82, 2.24) is 9.88 Å². The van der Waals surface area contributed by atoms with Crippen LogP contribution >= 0.6 is 0 Å². The van der Waals surface area contributed by atoms with E-state index >= 15 is 0 Å². The quantitative estimate of drug-likeness (QED) is 0.868. The molecule has 0 saturated carbocycles. The summed E-state index contributed by atoms with van der Waals surface area (Å²) in [5.41, 5.74) is 1.47. The SMILES string of the molecule is CCN1CC[C@@H]([C@@](C#N)(c2ccccc2)c2cccnc2)C1. The number of rotatable bonds is 4. The summed E-state index contributed by atoms with van der Waals surface area (Å²) < 4.78 is 0. The number of pyridine rings is 1. The lowest BCUT2D eigenvalue weighted by Crippen LogP contribution is -2.37. The number of aromatic nitrogens is 1. The van der Waals surface area contributed by atoms with Gasteiger partial charge in [-0.2, -0.15) is 5.26 Å². The maximum atomic E-state index is 10.2. The average Bonchev–Trinajstić information content (AvgIpc) is 3.08. The zero-order valence-electron chi connectivity index (χ0n) is 12.9. The minimum atomic E-state index is -0.612. The highest BCUT2D eigenvalue weighted by Gasteiger charge is 2.45. The largest absolute Gasteiger partial charge is 0.303 e. The van der Waals surface area contributed by atoms with Crippen LogP contribution in [0, 0.1) is 17.2 Å². The van der Waals surface area contributed by atoms with Crippen LogP contribution < -0.4 is 0 Å². The van der Waals surface area contributed by atoms with E-state index in [1.54, 1.807) is 6.20 Å². The molecule has 22 heavy (non-hydrogen) atoms. The number of benzene rings is 1. The molecule has 0 bridgehead atoms. The number of hydrogen-bond acceptors (Lipinski definition) is 3. The van der Waals surface area contributed by atoms with Crippen LogP contribution in [0.25, 0.3) is 0 Å². The molecule has 2 heterocycles. The molecule has 1 fully saturated rings. The van der Waals surface area contributed by atoms with Gasteiger partial charge in [-0.3, -0.25) is 4.98 Å². The Labute approximate surface area is 132 Å². The maximum absolute atomic E-state index is 10.2. The molecule has 3 nitrogen and oxygen atoms in total. The highest BCUT2D eigenvalue weighted by molar-refractivity contribution is 5.46. The molecule has 0 unspecified atom stereocenters. The third kappa shape index (κ3) is 2.40. The number of nitriles is 1. The van der Waals surface area contributed by atoms with Crippen LogP contribution in [0.3, 0.4) is 0 Å². The lowest BCUT2D eigenvalue weighted by molar-refractivity contribution is 0.318. The van der Waals surface area contributed by atoms with Gasteiger partial charge in [0, 0.05) is 18.9 Å². The minimum absolute atomic E-state index is 0.295. The predicted octanol–water partition coefficient (Wildman–Crippen LogP) is 3.23. The molecule has 0 radical (unpaired) electrons. The van der Waals surface area contributed by atoms with Crippen molar-refractivity contribution in [1.29, 1.82) is 5.26 Å². The van der Waals surface area contributed by atoms with E-state index in [-0.39, 0.29) is 0 Å². The first-order valence-electron chi connectivity index (χ1n) is 7.91. The zero-order valence-corrected chi connectivity index (χ0v) is 12.9. The van der Waals surface area contributed by atoms with Crippen LogP contribution in [0.5, 0.6) is 0 Å². The van der Waals surface area contributed by atoms with E-state index in [0.29, 0.717) is 5.92 Å². The molecular formula is C19H21N3. The Morgan fingerprint density at radius 2 is 2.00 bits per heavy atom. The second-order valence-electron chi connectivity index (χ2n) is 5.91. The van der Waals surface area contributed by atoms with Crippen molar-refractivity contribution in [2.24, 2.45) is 5.92 Å². The number of likely N-dealkylation sites (tertiary alicyclic amines) is 1. The molecule has 1 aliphatic heterocycles. The summed E-state index contributed by atoms with van der Waals surface area (Å²) in [6.07, 6.45) is 4.67. The van der Waals surface area contributed by atoms with E-state index in [1.807, 2.05) is 36.5 Å². The highest BCUT2D eigenvalue weighted by Crippen LogP contribution is 2.42. The fourth-order valence-electron chi connectivity index (χ4n) is 3.63. The first kappa shape index (κ1) is 14.7. The van der Waals surface area contributed by atoms with Crippen LogP contribution in [-0.2, 0) is 5.41 Å². The van der Waals surface area contributed by atoms with E-state index in [9.17, 15) is 5.26 Å². The van der Waals surface area contributed by atoms with Crippen LogP contribution in [0.1, 0.15) is 24.5 Å². The van der Waals surface area contributed by atoms with E-state index in [1.165, 1.54) is 0 Å². The highest BCUT2D eigenvalue weighted by atomic mass is 15.1. The Morgan fingerprint density at radius 1 is 1.23 bits per heavy atom. The van der Waals surface area contributed by atoms with Crippen LogP contribution in [0.15, 0.2) is 54.9 Å². The van der Waals surface area contributed by atoms with E-state index in [0.717, 1.165) is 37.2 Å². The van der Waals surface area contributed by atoms with Crippen molar-refractivity contribution in [3.63, 3.8) is 0 Å². The van der Waals surface area contributed by atoms with Gasteiger partial charge in [-0.15, -0.1) is 0 Å². The topological polar surface area (TPSA) is 39.9 Å². The summed E-state index contributed by atoms with van der Waals surface area (Å²) in [5, 5.41) is 10.2.